The highest BCUT2D eigenvalue weighted by Crippen LogP contribution is 2.35. The Hall–Kier alpha value is -0.220. The van der Waals surface area contributed by atoms with Crippen molar-refractivity contribution in [3.63, 3.8) is 0 Å². The predicted octanol–water partition coefficient (Wildman–Crippen LogP) is 1.68. The van der Waals surface area contributed by atoms with Gasteiger partial charge in [-0.05, 0) is 25.3 Å². The van der Waals surface area contributed by atoms with Crippen molar-refractivity contribution in [1.82, 2.24) is 4.90 Å². The summed E-state index contributed by atoms with van der Waals surface area (Å²) in [5.74, 6) is 0.783. The summed E-state index contributed by atoms with van der Waals surface area (Å²) in [5, 5.41) is 9.93. The quantitative estimate of drug-likeness (QED) is 0.782. The van der Waals surface area contributed by atoms with Crippen LogP contribution in [0.2, 0.25) is 0 Å². The molecule has 0 aromatic heterocycles. The first-order valence-electron chi connectivity index (χ1n) is 5.69. The average molecular weight is 229 g/mol. The topological polar surface area (TPSA) is 40.5 Å². The molecule has 86 valence electrons. The second-order valence-corrected chi connectivity index (χ2v) is 6.29. The number of carbonyl (C=O) groups is 1. The number of hydrogen-bond acceptors (Lipinski definition) is 3. The second kappa shape index (κ2) is 4.34. The molecule has 3 nitrogen and oxygen atoms in total. The van der Waals surface area contributed by atoms with Crippen LogP contribution in [0.1, 0.15) is 26.7 Å². The van der Waals surface area contributed by atoms with Gasteiger partial charge in [-0.3, -0.25) is 9.69 Å². The van der Waals surface area contributed by atoms with Crippen molar-refractivity contribution in [3.8, 4) is 0 Å². The van der Waals surface area contributed by atoms with Crippen LogP contribution in [0.15, 0.2) is 0 Å². The summed E-state index contributed by atoms with van der Waals surface area (Å²) in [4.78, 5) is 13.4. The van der Waals surface area contributed by atoms with Gasteiger partial charge in [0.05, 0.1) is 0 Å². The monoisotopic (exact) mass is 229 g/mol. The maximum atomic E-state index is 11.2. The van der Waals surface area contributed by atoms with Gasteiger partial charge in [-0.1, -0.05) is 13.8 Å². The van der Waals surface area contributed by atoms with Gasteiger partial charge in [-0.2, -0.15) is 11.8 Å². The Balaban J connectivity index is 2.05. The molecular weight excluding hydrogens is 210 g/mol. The molecule has 0 aromatic carbocycles. The summed E-state index contributed by atoms with van der Waals surface area (Å²) in [6.45, 7) is 5.26. The van der Waals surface area contributed by atoms with Crippen molar-refractivity contribution in [3.05, 3.63) is 0 Å². The highest BCUT2D eigenvalue weighted by Gasteiger charge is 2.42. The summed E-state index contributed by atoms with van der Waals surface area (Å²) in [7, 11) is 0. The lowest BCUT2D eigenvalue weighted by molar-refractivity contribution is -0.144. The van der Waals surface area contributed by atoms with Crippen LogP contribution < -0.4 is 0 Å². The molecule has 2 aliphatic heterocycles. The zero-order chi connectivity index (χ0) is 11.0. The van der Waals surface area contributed by atoms with E-state index in [0.29, 0.717) is 17.2 Å². The van der Waals surface area contributed by atoms with Crippen molar-refractivity contribution < 1.29 is 9.90 Å². The van der Waals surface area contributed by atoms with Gasteiger partial charge in [0.15, 0.2) is 0 Å². The molecule has 0 bridgehead atoms. The lowest BCUT2D eigenvalue weighted by Gasteiger charge is -2.28. The normalized spacial score (nSPS) is 42.3. The van der Waals surface area contributed by atoms with E-state index in [2.05, 4.69) is 18.7 Å². The third-order valence-corrected chi connectivity index (χ3v) is 4.98. The fourth-order valence-electron chi connectivity index (χ4n) is 2.80. The highest BCUT2D eigenvalue weighted by molar-refractivity contribution is 8.00. The number of aliphatic carboxylic acids is 1. The molecule has 0 saturated carbocycles. The molecule has 2 saturated heterocycles. The van der Waals surface area contributed by atoms with Crippen molar-refractivity contribution in [2.24, 2.45) is 5.92 Å². The Kier molecular flexibility index (Phi) is 3.26. The Morgan fingerprint density at radius 1 is 1.47 bits per heavy atom. The molecule has 2 rings (SSSR count). The minimum absolute atomic E-state index is 0.235. The van der Waals surface area contributed by atoms with Crippen LogP contribution >= 0.6 is 11.8 Å². The van der Waals surface area contributed by atoms with E-state index in [4.69, 9.17) is 0 Å². The third kappa shape index (κ3) is 2.16. The maximum absolute atomic E-state index is 11.2. The van der Waals surface area contributed by atoms with Gasteiger partial charge in [-0.15, -0.1) is 0 Å². The van der Waals surface area contributed by atoms with Gasteiger partial charge in [0.25, 0.3) is 0 Å². The number of thioether (sulfide) groups is 1. The molecule has 4 unspecified atom stereocenters. The second-order valence-electron chi connectivity index (χ2n) is 4.82. The van der Waals surface area contributed by atoms with Crippen molar-refractivity contribution in [2.75, 3.05) is 12.3 Å². The Morgan fingerprint density at radius 3 is 2.73 bits per heavy atom. The maximum Gasteiger partial charge on any atom is 0.321 e. The highest BCUT2D eigenvalue weighted by atomic mass is 32.2. The summed E-state index contributed by atoms with van der Waals surface area (Å²) < 4.78 is 0. The van der Waals surface area contributed by atoms with Crippen molar-refractivity contribution in [1.29, 1.82) is 0 Å². The molecule has 2 aliphatic rings. The number of carboxylic acid groups (broad SMARTS) is 1. The minimum atomic E-state index is -0.635. The van der Waals surface area contributed by atoms with E-state index in [1.54, 1.807) is 0 Å². The molecule has 0 amide bonds. The van der Waals surface area contributed by atoms with Gasteiger partial charge < -0.3 is 5.11 Å². The van der Waals surface area contributed by atoms with Gasteiger partial charge in [0.1, 0.15) is 6.04 Å². The van der Waals surface area contributed by atoms with Gasteiger partial charge in [0.2, 0.25) is 0 Å². The molecule has 0 aromatic rings. The van der Waals surface area contributed by atoms with Crippen molar-refractivity contribution >= 4 is 17.7 Å². The van der Waals surface area contributed by atoms with Crippen LogP contribution in [-0.4, -0.2) is 45.6 Å². The first-order valence-corrected chi connectivity index (χ1v) is 6.74. The fraction of sp³-hybridized carbons (Fsp3) is 0.909. The zero-order valence-corrected chi connectivity index (χ0v) is 10.2. The van der Waals surface area contributed by atoms with Gasteiger partial charge >= 0.3 is 5.97 Å². The van der Waals surface area contributed by atoms with E-state index in [9.17, 15) is 9.90 Å². The summed E-state index contributed by atoms with van der Waals surface area (Å²) in [6, 6.07) is 0.261. The number of likely N-dealkylation sites (tertiary alicyclic amines) is 1. The molecule has 2 fully saturated rings. The molecule has 0 radical (unpaired) electrons. The van der Waals surface area contributed by atoms with Crippen LogP contribution in [0.3, 0.4) is 0 Å². The van der Waals surface area contributed by atoms with E-state index in [-0.39, 0.29) is 6.04 Å². The Bertz CT molecular complexity index is 259. The molecule has 15 heavy (non-hydrogen) atoms. The van der Waals surface area contributed by atoms with Crippen LogP contribution in [0.5, 0.6) is 0 Å². The van der Waals surface area contributed by atoms with Crippen LogP contribution in [0.25, 0.3) is 0 Å². The predicted molar refractivity (Wildman–Crippen MR) is 62.2 cm³/mol. The first kappa shape index (κ1) is 11.3. The molecule has 4 heteroatoms. The lowest BCUT2D eigenvalue weighted by Crippen LogP contribution is -2.45. The molecule has 0 aliphatic carbocycles. The molecule has 1 N–H and O–H groups in total. The Morgan fingerprint density at radius 2 is 2.20 bits per heavy atom. The number of nitrogens with zero attached hydrogens (tertiary/aromatic N) is 1. The van der Waals surface area contributed by atoms with E-state index in [1.807, 2.05) is 11.8 Å². The average Bonchev–Trinajstić information content (AvgIpc) is 2.71. The molecule has 2 heterocycles. The van der Waals surface area contributed by atoms with Crippen molar-refractivity contribution in [2.45, 2.75) is 44.0 Å². The van der Waals surface area contributed by atoms with Crippen LogP contribution in [-0.2, 0) is 4.79 Å². The summed E-state index contributed by atoms with van der Waals surface area (Å²) in [6.07, 6.45) is 2.19. The minimum Gasteiger partial charge on any atom is -0.480 e. The first-order chi connectivity index (χ1) is 7.09. The molecule has 4 atom stereocenters. The van der Waals surface area contributed by atoms with Gasteiger partial charge in [0, 0.05) is 17.0 Å². The number of carboxylic acids is 1. The van der Waals surface area contributed by atoms with E-state index >= 15 is 0 Å². The number of hydrogen-bond donors (Lipinski definition) is 1. The zero-order valence-electron chi connectivity index (χ0n) is 9.35. The smallest absolute Gasteiger partial charge is 0.321 e. The summed E-state index contributed by atoms with van der Waals surface area (Å²) >= 11 is 1.97. The van der Waals surface area contributed by atoms with Crippen LogP contribution in [0.4, 0.5) is 0 Å². The standard InChI is InChI=1S/C11H19NO2S/c1-7-3-4-12(10(7)11(13)14)9-5-8(2)15-6-9/h7-10H,3-6H2,1-2H3,(H,13,14). The molecule has 0 spiro atoms. The van der Waals surface area contributed by atoms with E-state index < -0.39 is 5.97 Å². The third-order valence-electron chi connectivity index (χ3n) is 3.64. The fourth-order valence-corrected chi connectivity index (χ4v) is 4.03. The SMILES string of the molecule is CC1CC(N2CCC(C)C2C(=O)O)CS1. The van der Waals surface area contributed by atoms with E-state index in [0.717, 1.165) is 25.1 Å². The van der Waals surface area contributed by atoms with E-state index in [1.165, 1.54) is 0 Å². The molecular formula is C11H19NO2S. The van der Waals surface area contributed by atoms with Crippen LogP contribution in [0, 0.1) is 5.92 Å². The summed E-state index contributed by atoms with van der Waals surface area (Å²) in [5.41, 5.74) is 0. The largest absolute Gasteiger partial charge is 0.480 e. The number of rotatable bonds is 2. The van der Waals surface area contributed by atoms with Gasteiger partial charge in [-0.25, -0.2) is 0 Å². The lowest BCUT2D eigenvalue weighted by atomic mass is 10.0. The Labute approximate surface area is 95.2 Å².